The Morgan fingerprint density at radius 3 is 2.55 bits per heavy atom. The van der Waals surface area contributed by atoms with Crippen molar-refractivity contribution < 1.29 is 19.1 Å². The molecule has 1 atom stereocenters. The Labute approximate surface area is 174 Å². The molecule has 29 heavy (non-hydrogen) atoms. The summed E-state index contributed by atoms with van der Waals surface area (Å²) in [6.45, 7) is 2.35. The van der Waals surface area contributed by atoms with Crippen molar-refractivity contribution >= 4 is 35.0 Å². The molecule has 0 saturated carbocycles. The van der Waals surface area contributed by atoms with Gasteiger partial charge < -0.3 is 20.3 Å². The molecule has 3 amide bonds. The van der Waals surface area contributed by atoms with Gasteiger partial charge in [-0.25, -0.2) is 0 Å². The molecule has 8 heteroatoms. The van der Waals surface area contributed by atoms with Crippen molar-refractivity contribution in [3.63, 3.8) is 0 Å². The SMILES string of the molecule is CCCNC(=O)[C@H]1CN(C(=O)CNC(=O)c2ccc(Cl)cc2)c2ccccc2O1. The lowest BCUT2D eigenvalue weighted by Gasteiger charge is -2.34. The highest BCUT2D eigenvalue weighted by Crippen LogP contribution is 2.33. The fourth-order valence-electron chi connectivity index (χ4n) is 2.92. The number of benzene rings is 2. The lowest BCUT2D eigenvalue weighted by atomic mass is 10.1. The van der Waals surface area contributed by atoms with Gasteiger partial charge in [0.05, 0.1) is 18.8 Å². The van der Waals surface area contributed by atoms with Crippen molar-refractivity contribution in [1.82, 2.24) is 10.6 Å². The zero-order valence-electron chi connectivity index (χ0n) is 16.0. The first-order valence-electron chi connectivity index (χ1n) is 9.37. The van der Waals surface area contributed by atoms with Crippen LogP contribution in [0.4, 0.5) is 5.69 Å². The number of fused-ring (bicyclic) bond motifs is 1. The molecule has 1 aliphatic rings. The number of hydrogen-bond acceptors (Lipinski definition) is 4. The molecular formula is C21H22ClN3O4. The summed E-state index contributed by atoms with van der Waals surface area (Å²) in [5, 5.41) is 5.92. The van der Waals surface area contributed by atoms with Gasteiger partial charge in [0.15, 0.2) is 6.10 Å². The van der Waals surface area contributed by atoms with Crippen molar-refractivity contribution in [2.24, 2.45) is 0 Å². The van der Waals surface area contributed by atoms with E-state index >= 15 is 0 Å². The van der Waals surface area contributed by atoms with Crippen LogP contribution in [-0.4, -0.2) is 43.5 Å². The predicted molar refractivity (Wildman–Crippen MR) is 110 cm³/mol. The van der Waals surface area contributed by atoms with Gasteiger partial charge in [-0.3, -0.25) is 14.4 Å². The van der Waals surface area contributed by atoms with E-state index in [9.17, 15) is 14.4 Å². The number of halogens is 1. The summed E-state index contributed by atoms with van der Waals surface area (Å²) in [7, 11) is 0. The molecule has 0 unspecified atom stereocenters. The fraction of sp³-hybridized carbons (Fsp3) is 0.286. The Morgan fingerprint density at radius 1 is 1.10 bits per heavy atom. The van der Waals surface area contributed by atoms with E-state index in [1.807, 2.05) is 6.92 Å². The molecule has 2 aromatic rings. The van der Waals surface area contributed by atoms with Crippen LogP contribution in [0.1, 0.15) is 23.7 Å². The minimum Gasteiger partial charge on any atom is -0.477 e. The van der Waals surface area contributed by atoms with Crippen molar-refractivity contribution in [3.05, 3.63) is 59.1 Å². The number of para-hydroxylation sites is 2. The van der Waals surface area contributed by atoms with Gasteiger partial charge in [0, 0.05) is 17.1 Å². The van der Waals surface area contributed by atoms with Gasteiger partial charge in [-0.2, -0.15) is 0 Å². The van der Waals surface area contributed by atoms with Crippen LogP contribution in [0.15, 0.2) is 48.5 Å². The Balaban J connectivity index is 1.69. The number of hydrogen-bond donors (Lipinski definition) is 2. The third kappa shape index (κ3) is 5.06. The third-order valence-electron chi connectivity index (χ3n) is 4.42. The van der Waals surface area contributed by atoms with Crippen LogP contribution in [-0.2, 0) is 9.59 Å². The largest absolute Gasteiger partial charge is 0.477 e. The summed E-state index contributed by atoms with van der Waals surface area (Å²) < 4.78 is 5.77. The maximum absolute atomic E-state index is 12.8. The molecular weight excluding hydrogens is 394 g/mol. The molecule has 2 aromatic carbocycles. The standard InChI is InChI=1S/C21H22ClN3O4/c1-2-11-23-21(28)18-13-25(16-5-3-4-6-17(16)29-18)19(26)12-24-20(27)14-7-9-15(22)10-8-14/h3-10,18H,2,11-13H2,1H3,(H,23,28)(H,24,27)/t18-/m1/s1. The fourth-order valence-corrected chi connectivity index (χ4v) is 3.05. The highest BCUT2D eigenvalue weighted by Gasteiger charge is 2.33. The molecule has 3 rings (SSSR count). The number of nitrogens with one attached hydrogen (secondary N) is 2. The summed E-state index contributed by atoms with van der Waals surface area (Å²) in [5.74, 6) is -0.540. The first-order valence-corrected chi connectivity index (χ1v) is 9.75. The molecule has 2 N–H and O–H groups in total. The zero-order valence-corrected chi connectivity index (χ0v) is 16.7. The van der Waals surface area contributed by atoms with Gasteiger partial charge in [0.2, 0.25) is 5.91 Å². The van der Waals surface area contributed by atoms with Crippen molar-refractivity contribution in [2.45, 2.75) is 19.4 Å². The number of amides is 3. The second-order valence-corrected chi connectivity index (χ2v) is 7.00. The monoisotopic (exact) mass is 415 g/mol. The summed E-state index contributed by atoms with van der Waals surface area (Å²) in [5.41, 5.74) is 0.971. The molecule has 0 saturated heterocycles. The van der Waals surface area contributed by atoms with Crippen LogP contribution in [0.3, 0.4) is 0 Å². The quantitative estimate of drug-likeness (QED) is 0.758. The van der Waals surface area contributed by atoms with Crippen LogP contribution in [0.5, 0.6) is 5.75 Å². The number of anilines is 1. The van der Waals surface area contributed by atoms with Gasteiger partial charge in [-0.05, 0) is 42.8 Å². The number of carbonyl (C=O) groups is 3. The summed E-state index contributed by atoms with van der Waals surface area (Å²) in [6.07, 6.45) is -0.0126. The molecule has 152 valence electrons. The van der Waals surface area contributed by atoms with E-state index in [-0.39, 0.29) is 30.8 Å². The lowest BCUT2D eigenvalue weighted by Crippen LogP contribution is -2.52. The highest BCUT2D eigenvalue weighted by molar-refractivity contribution is 6.30. The topological polar surface area (TPSA) is 87.7 Å². The highest BCUT2D eigenvalue weighted by atomic mass is 35.5. The van der Waals surface area contributed by atoms with E-state index < -0.39 is 6.10 Å². The second kappa shape index (κ2) is 9.43. The normalized spacial score (nSPS) is 15.1. The van der Waals surface area contributed by atoms with Crippen LogP contribution in [0.2, 0.25) is 5.02 Å². The predicted octanol–water partition coefficient (Wildman–Crippen LogP) is 2.39. The van der Waals surface area contributed by atoms with Crippen molar-refractivity contribution in [3.8, 4) is 5.75 Å². The first-order chi connectivity index (χ1) is 14.0. The van der Waals surface area contributed by atoms with Crippen molar-refractivity contribution in [2.75, 3.05) is 24.5 Å². The average Bonchev–Trinajstić information content (AvgIpc) is 2.75. The molecule has 0 radical (unpaired) electrons. The molecule has 7 nitrogen and oxygen atoms in total. The third-order valence-corrected chi connectivity index (χ3v) is 4.67. The van der Waals surface area contributed by atoms with Crippen LogP contribution < -0.4 is 20.3 Å². The molecule has 0 fully saturated rings. The summed E-state index contributed by atoms with van der Waals surface area (Å²) in [4.78, 5) is 38.9. The minimum absolute atomic E-state index is 0.0716. The molecule has 0 aromatic heterocycles. The maximum atomic E-state index is 12.8. The van der Waals surface area contributed by atoms with Gasteiger partial charge in [0.25, 0.3) is 11.8 Å². The number of rotatable bonds is 6. The first kappa shape index (κ1) is 20.7. The van der Waals surface area contributed by atoms with E-state index in [4.69, 9.17) is 16.3 Å². The van der Waals surface area contributed by atoms with Crippen LogP contribution in [0, 0.1) is 0 Å². The summed E-state index contributed by atoms with van der Waals surface area (Å²) in [6, 6.07) is 13.4. The van der Waals surface area contributed by atoms with Gasteiger partial charge >= 0.3 is 0 Å². The number of ether oxygens (including phenoxy) is 1. The Kier molecular flexibility index (Phi) is 6.72. The van der Waals surface area contributed by atoms with E-state index in [0.29, 0.717) is 28.6 Å². The van der Waals surface area contributed by atoms with Gasteiger partial charge in [-0.1, -0.05) is 30.7 Å². The molecule has 0 bridgehead atoms. The van der Waals surface area contributed by atoms with Crippen LogP contribution in [0.25, 0.3) is 0 Å². The molecule has 0 aliphatic carbocycles. The number of nitrogens with zero attached hydrogens (tertiary/aromatic N) is 1. The van der Waals surface area contributed by atoms with E-state index in [1.54, 1.807) is 48.5 Å². The Morgan fingerprint density at radius 2 is 1.83 bits per heavy atom. The lowest BCUT2D eigenvalue weighted by molar-refractivity contribution is -0.128. The van der Waals surface area contributed by atoms with Crippen molar-refractivity contribution in [1.29, 1.82) is 0 Å². The van der Waals surface area contributed by atoms with Crippen LogP contribution >= 0.6 is 11.6 Å². The van der Waals surface area contributed by atoms with E-state index in [0.717, 1.165) is 6.42 Å². The average molecular weight is 416 g/mol. The molecule has 1 heterocycles. The second-order valence-electron chi connectivity index (χ2n) is 6.56. The van der Waals surface area contributed by atoms with Gasteiger partial charge in [0.1, 0.15) is 5.75 Å². The van der Waals surface area contributed by atoms with E-state index in [2.05, 4.69) is 10.6 Å². The smallest absolute Gasteiger partial charge is 0.262 e. The minimum atomic E-state index is -0.813. The van der Waals surface area contributed by atoms with Gasteiger partial charge in [-0.15, -0.1) is 0 Å². The maximum Gasteiger partial charge on any atom is 0.262 e. The van der Waals surface area contributed by atoms with E-state index in [1.165, 1.54) is 4.90 Å². The zero-order chi connectivity index (χ0) is 20.8. The Bertz CT molecular complexity index is 901. The number of carbonyl (C=O) groups excluding carboxylic acids is 3. The Hall–Kier alpha value is -3.06. The molecule has 1 aliphatic heterocycles. The summed E-state index contributed by atoms with van der Waals surface area (Å²) >= 11 is 5.83. The molecule has 0 spiro atoms.